The Hall–Kier alpha value is -2.53. The van der Waals surface area contributed by atoms with Gasteiger partial charge in [0.1, 0.15) is 11.9 Å². The Balaban J connectivity index is 0.000000321. The Bertz CT molecular complexity index is 754. The van der Waals surface area contributed by atoms with Gasteiger partial charge < -0.3 is 10.2 Å². The molecule has 1 saturated heterocycles. The highest BCUT2D eigenvalue weighted by molar-refractivity contribution is 5.73. The van der Waals surface area contributed by atoms with E-state index in [0.717, 1.165) is 37.2 Å². The van der Waals surface area contributed by atoms with Gasteiger partial charge in [-0.2, -0.15) is 13.2 Å². The van der Waals surface area contributed by atoms with Gasteiger partial charge in [0.2, 0.25) is 0 Å². The number of aliphatic hydroxyl groups is 1. The van der Waals surface area contributed by atoms with E-state index in [2.05, 4.69) is 33.4 Å². The molecule has 1 aliphatic rings. The molecule has 0 bridgehead atoms. The molecule has 2 N–H and O–H groups in total. The van der Waals surface area contributed by atoms with Crippen molar-refractivity contribution in [2.45, 2.75) is 31.7 Å². The molecule has 2 heterocycles. The maximum Gasteiger partial charge on any atom is 0.490 e. The Morgan fingerprint density at radius 1 is 1.30 bits per heavy atom. The van der Waals surface area contributed by atoms with Crippen LogP contribution in [-0.2, 0) is 16.9 Å². The summed E-state index contributed by atoms with van der Waals surface area (Å²) in [4.78, 5) is 11.2. The van der Waals surface area contributed by atoms with Crippen molar-refractivity contribution in [1.82, 2.24) is 25.1 Å². The smallest absolute Gasteiger partial charge is 0.475 e. The molecule has 0 radical (unpaired) electrons. The maximum atomic E-state index is 10.9. The number of aliphatic carboxylic acids is 1. The van der Waals surface area contributed by atoms with Crippen LogP contribution in [0.4, 0.5) is 13.2 Å². The van der Waals surface area contributed by atoms with Gasteiger partial charge in [0.05, 0.1) is 6.54 Å². The van der Waals surface area contributed by atoms with E-state index in [1.165, 1.54) is 0 Å². The van der Waals surface area contributed by atoms with Crippen LogP contribution in [0.1, 0.15) is 17.5 Å². The summed E-state index contributed by atoms with van der Waals surface area (Å²) < 4.78 is 33.4. The van der Waals surface area contributed by atoms with Crippen LogP contribution in [0.3, 0.4) is 0 Å². The maximum absolute atomic E-state index is 10.9. The number of halogens is 3. The SMILES string of the molecule is Cc1ccccc1C1(O)CCN(CCn2cnnn2)C1.O=C(O)C(F)(F)F. The summed E-state index contributed by atoms with van der Waals surface area (Å²) >= 11 is 0. The van der Waals surface area contributed by atoms with Crippen LogP contribution < -0.4 is 0 Å². The van der Waals surface area contributed by atoms with Crippen molar-refractivity contribution in [1.29, 1.82) is 0 Å². The number of hydrogen-bond acceptors (Lipinski definition) is 6. The molecule has 0 aliphatic carbocycles. The Labute approximate surface area is 153 Å². The van der Waals surface area contributed by atoms with Crippen molar-refractivity contribution < 1.29 is 28.2 Å². The molecule has 11 heteroatoms. The Morgan fingerprint density at radius 3 is 2.52 bits per heavy atom. The van der Waals surface area contributed by atoms with E-state index in [1.54, 1.807) is 11.0 Å². The number of aryl methyl sites for hydroxylation is 1. The minimum atomic E-state index is -5.08. The molecule has 8 nitrogen and oxygen atoms in total. The largest absolute Gasteiger partial charge is 0.490 e. The topological polar surface area (TPSA) is 104 Å². The van der Waals surface area contributed by atoms with Crippen molar-refractivity contribution >= 4 is 5.97 Å². The lowest BCUT2D eigenvalue weighted by atomic mass is 9.89. The molecule has 0 saturated carbocycles. The lowest BCUT2D eigenvalue weighted by molar-refractivity contribution is -0.192. The molecule has 0 spiro atoms. The summed E-state index contributed by atoms with van der Waals surface area (Å²) in [5.74, 6) is -2.76. The Morgan fingerprint density at radius 2 is 1.96 bits per heavy atom. The zero-order valence-electron chi connectivity index (χ0n) is 14.6. The van der Waals surface area contributed by atoms with Gasteiger partial charge in [0.25, 0.3) is 0 Å². The molecule has 0 amide bonds. The number of carbonyl (C=O) groups is 1. The summed E-state index contributed by atoms with van der Waals surface area (Å²) in [5, 5.41) is 29.1. The van der Waals surface area contributed by atoms with Gasteiger partial charge in [-0.05, 0) is 34.9 Å². The van der Waals surface area contributed by atoms with Gasteiger partial charge in [-0.1, -0.05) is 24.3 Å². The fourth-order valence-electron chi connectivity index (χ4n) is 2.90. The van der Waals surface area contributed by atoms with E-state index in [9.17, 15) is 18.3 Å². The number of likely N-dealkylation sites (tertiary alicyclic amines) is 1. The number of aromatic nitrogens is 4. The molecular weight excluding hydrogens is 367 g/mol. The highest BCUT2D eigenvalue weighted by Gasteiger charge is 2.38. The molecule has 1 aromatic carbocycles. The Kier molecular flexibility index (Phi) is 6.50. The molecule has 1 unspecified atom stereocenters. The standard InChI is InChI=1S/C14H19N5O.C2HF3O2/c1-12-4-2-3-5-13(12)14(20)6-7-18(10-14)8-9-19-11-15-16-17-19;3-2(4,5)1(6)7/h2-5,11,20H,6-10H2,1H3;(H,6,7). The van der Waals surface area contributed by atoms with E-state index >= 15 is 0 Å². The summed E-state index contributed by atoms with van der Waals surface area (Å²) in [6.45, 7) is 5.21. The van der Waals surface area contributed by atoms with Crippen LogP contribution in [0.2, 0.25) is 0 Å². The van der Waals surface area contributed by atoms with Gasteiger partial charge in [0.15, 0.2) is 0 Å². The van der Waals surface area contributed by atoms with Crippen molar-refractivity contribution in [2.24, 2.45) is 0 Å². The molecule has 1 atom stereocenters. The van der Waals surface area contributed by atoms with Gasteiger partial charge in [-0.3, -0.25) is 4.90 Å². The van der Waals surface area contributed by atoms with Crippen LogP contribution in [0.25, 0.3) is 0 Å². The van der Waals surface area contributed by atoms with Crippen LogP contribution in [0.5, 0.6) is 0 Å². The second-order valence-corrected chi connectivity index (χ2v) is 6.25. The minimum Gasteiger partial charge on any atom is -0.475 e. The van der Waals surface area contributed by atoms with E-state index in [0.29, 0.717) is 6.54 Å². The van der Waals surface area contributed by atoms with Crippen molar-refractivity contribution in [3.8, 4) is 0 Å². The zero-order chi connectivity index (χ0) is 20.1. The first kappa shape index (κ1) is 20.8. The first-order valence-electron chi connectivity index (χ1n) is 8.13. The third-order valence-corrected chi connectivity index (χ3v) is 4.25. The van der Waals surface area contributed by atoms with E-state index in [1.807, 2.05) is 18.2 Å². The number of tetrazole rings is 1. The third-order valence-electron chi connectivity index (χ3n) is 4.25. The molecule has 27 heavy (non-hydrogen) atoms. The van der Waals surface area contributed by atoms with Crippen LogP contribution in [0.15, 0.2) is 30.6 Å². The first-order valence-corrected chi connectivity index (χ1v) is 8.13. The summed E-state index contributed by atoms with van der Waals surface area (Å²) in [7, 11) is 0. The number of carboxylic acid groups (broad SMARTS) is 1. The number of nitrogens with zero attached hydrogens (tertiary/aromatic N) is 5. The number of β-amino-alcohol motifs (C(OH)–C–C–N with tert-alkyl or cyclic N) is 1. The van der Waals surface area contributed by atoms with Crippen LogP contribution in [0, 0.1) is 6.92 Å². The molecule has 3 rings (SSSR count). The van der Waals surface area contributed by atoms with E-state index in [-0.39, 0.29) is 0 Å². The molecular formula is C16H20F3N5O3. The van der Waals surface area contributed by atoms with E-state index in [4.69, 9.17) is 9.90 Å². The summed E-state index contributed by atoms with van der Waals surface area (Å²) in [5.41, 5.74) is 1.47. The lowest BCUT2D eigenvalue weighted by Gasteiger charge is -2.25. The highest BCUT2D eigenvalue weighted by Crippen LogP contribution is 2.33. The monoisotopic (exact) mass is 387 g/mol. The number of hydrogen-bond donors (Lipinski definition) is 2. The highest BCUT2D eigenvalue weighted by atomic mass is 19.4. The number of carboxylic acids is 1. The molecule has 1 aliphatic heterocycles. The molecule has 1 fully saturated rings. The van der Waals surface area contributed by atoms with Gasteiger partial charge in [0, 0.05) is 19.6 Å². The zero-order valence-corrected chi connectivity index (χ0v) is 14.6. The molecule has 148 valence electrons. The number of benzene rings is 1. The lowest BCUT2D eigenvalue weighted by Crippen LogP contribution is -2.33. The van der Waals surface area contributed by atoms with Crippen molar-refractivity contribution in [2.75, 3.05) is 19.6 Å². The molecule has 1 aromatic heterocycles. The molecule has 2 aromatic rings. The van der Waals surface area contributed by atoms with Gasteiger partial charge >= 0.3 is 12.1 Å². The second-order valence-electron chi connectivity index (χ2n) is 6.25. The first-order chi connectivity index (χ1) is 12.6. The van der Waals surface area contributed by atoms with Crippen LogP contribution >= 0.6 is 0 Å². The van der Waals surface area contributed by atoms with Crippen molar-refractivity contribution in [3.63, 3.8) is 0 Å². The number of rotatable bonds is 4. The third kappa shape index (κ3) is 5.73. The van der Waals surface area contributed by atoms with Gasteiger partial charge in [-0.25, -0.2) is 9.48 Å². The average Bonchev–Trinajstić information content (AvgIpc) is 3.23. The summed E-state index contributed by atoms with van der Waals surface area (Å²) in [6, 6.07) is 8.08. The average molecular weight is 387 g/mol. The summed E-state index contributed by atoms with van der Waals surface area (Å²) in [6.07, 6.45) is -2.70. The quantitative estimate of drug-likeness (QED) is 0.813. The van der Waals surface area contributed by atoms with E-state index < -0.39 is 17.7 Å². The fraction of sp³-hybridized carbons (Fsp3) is 0.500. The second kappa shape index (κ2) is 8.44. The minimum absolute atomic E-state index is 0.667. The predicted octanol–water partition coefficient (Wildman–Crippen LogP) is 1.21. The van der Waals surface area contributed by atoms with Crippen LogP contribution in [-0.4, -0.2) is 67.1 Å². The fourth-order valence-corrected chi connectivity index (χ4v) is 2.90. The normalized spacial score (nSPS) is 20.2. The van der Waals surface area contributed by atoms with Gasteiger partial charge in [-0.15, -0.1) is 5.10 Å². The predicted molar refractivity (Wildman–Crippen MR) is 87.6 cm³/mol. The number of alkyl halides is 3. The van der Waals surface area contributed by atoms with Crippen molar-refractivity contribution in [3.05, 3.63) is 41.7 Å².